The zero-order chi connectivity index (χ0) is 14.8. The number of anilines is 1. The van der Waals surface area contributed by atoms with Gasteiger partial charge in [0, 0.05) is 24.5 Å². The van der Waals surface area contributed by atoms with Crippen LogP contribution >= 0.6 is 0 Å². The number of hydrogen-bond donors (Lipinski definition) is 1. The molecule has 1 saturated carbocycles. The molecule has 4 nitrogen and oxygen atoms in total. The minimum Gasteiger partial charge on any atom is -0.370 e. The molecule has 0 spiro atoms. The molecule has 3 rings (SSSR count). The van der Waals surface area contributed by atoms with Gasteiger partial charge in [-0.15, -0.1) is 0 Å². The summed E-state index contributed by atoms with van der Waals surface area (Å²) in [7, 11) is 0. The monoisotopic (exact) mass is 283 g/mol. The maximum absolute atomic E-state index is 12.7. The van der Waals surface area contributed by atoms with E-state index in [2.05, 4.69) is 10.3 Å². The van der Waals surface area contributed by atoms with Crippen molar-refractivity contribution in [1.29, 1.82) is 0 Å². The molecule has 1 heterocycles. The van der Waals surface area contributed by atoms with E-state index in [9.17, 15) is 4.79 Å². The van der Waals surface area contributed by atoms with Gasteiger partial charge in [-0.05, 0) is 38.1 Å². The molecule has 1 fully saturated rings. The highest BCUT2D eigenvalue weighted by molar-refractivity contribution is 6.00. The standard InChI is InChI=1S/C17H21N3O/c1-3-18-16-14-8-6-5-7-12(14)11-15(19-16)17(21)20(4-2)13-9-10-13/h5-8,11,13H,3-4,9-10H2,1-2H3,(H,18,19). The van der Waals surface area contributed by atoms with Gasteiger partial charge in [0.05, 0.1) is 0 Å². The summed E-state index contributed by atoms with van der Waals surface area (Å²) in [5, 5.41) is 5.38. The normalized spacial score (nSPS) is 14.2. The molecule has 21 heavy (non-hydrogen) atoms. The van der Waals surface area contributed by atoms with Crippen LogP contribution in [0.1, 0.15) is 37.2 Å². The van der Waals surface area contributed by atoms with E-state index in [4.69, 9.17) is 0 Å². The van der Waals surface area contributed by atoms with Gasteiger partial charge in [-0.1, -0.05) is 24.3 Å². The molecule has 0 saturated heterocycles. The predicted octanol–water partition coefficient (Wildman–Crippen LogP) is 3.29. The Bertz CT molecular complexity index is 664. The van der Waals surface area contributed by atoms with Crippen LogP contribution in [-0.4, -0.2) is 34.9 Å². The quantitative estimate of drug-likeness (QED) is 0.916. The zero-order valence-corrected chi connectivity index (χ0v) is 12.6. The van der Waals surface area contributed by atoms with Crippen LogP contribution < -0.4 is 5.32 Å². The SMILES string of the molecule is CCNc1nc(C(=O)N(CC)C2CC2)cc2ccccc12. The molecule has 0 atom stereocenters. The van der Waals surface area contributed by atoms with Gasteiger partial charge in [-0.3, -0.25) is 4.79 Å². The minimum absolute atomic E-state index is 0.0462. The van der Waals surface area contributed by atoms with Crippen LogP contribution in [0.2, 0.25) is 0 Å². The van der Waals surface area contributed by atoms with Crippen LogP contribution in [0.5, 0.6) is 0 Å². The summed E-state index contributed by atoms with van der Waals surface area (Å²) in [6, 6.07) is 10.4. The lowest BCUT2D eigenvalue weighted by molar-refractivity contribution is 0.0747. The number of carbonyl (C=O) groups excluding carboxylic acids is 1. The van der Waals surface area contributed by atoms with Crippen molar-refractivity contribution in [3.05, 3.63) is 36.0 Å². The largest absolute Gasteiger partial charge is 0.370 e. The molecular weight excluding hydrogens is 262 g/mol. The molecule has 1 aromatic carbocycles. The molecule has 1 aromatic heterocycles. The van der Waals surface area contributed by atoms with Crippen LogP contribution in [0, 0.1) is 0 Å². The average molecular weight is 283 g/mol. The Balaban J connectivity index is 2.03. The number of nitrogens with one attached hydrogen (secondary N) is 1. The molecule has 1 aliphatic carbocycles. The lowest BCUT2D eigenvalue weighted by Gasteiger charge is -2.20. The van der Waals surface area contributed by atoms with Crippen molar-refractivity contribution in [2.75, 3.05) is 18.4 Å². The van der Waals surface area contributed by atoms with Crippen molar-refractivity contribution in [1.82, 2.24) is 9.88 Å². The summed E-state index contributed by atoms with van der Waals surface area (Å²) >= 11 is 0. The Hall–Kier alpha value is -2.10. The summed E-state index contributed by atoms with van der Waals surface area (Å²) in [5.74, 6) is 0.843. The van der Waals surface area contributed by atoms with Gasteiger partial charge >= 0.3 is 0 Å². The molecular formula is C17H21N3O. The number of nitrogens with zero attached hydrogens (tertiary/aromatic N) is 2. The van der Waals surface area contributed by atoms with Gasteiger partial charge < -0.3 is 10.2 Å². The van der Waals surface area contributed by atoms with Crippen LogP contribution in [0.25, 0.3) is 10.8 Å². The Labute approximate surface area is 125 Å². The molecule has 1 N–H and O–H groups in total. The van der Waals surface area contributed by atoms with Gasteiger partial charge in [-0.2, -0.15) is 0 Å². The molecule has 0 unspecified atom stereocenters. The first-order chi connectivity index (χ1) is 10.2. The predicted molar refractivity (Wildman–Crippen MR) is 85.6 cm³/mol. The van der Waals surface area contributed by atoms with Crippen LogP contribution in [0.4, 0.5) is 5.82 Å². The highest BCUT2D eigenvalue weighted by Crippen LogP contribution is 2.29. The van der Waals surface area contributed by atoms with Gasteiger partial charge in [0.15, 0.2) is 0 Å². The fourth-order valence-electron chi connectivity index (χ4n) is 2.71. The third-order valence-electron chi connectivity index (χ3n) is 3.89. The van der Waals surface area contributed by atoms with Crippen LogP contribution in [-0.2, 0) is 0 Å². The molecule has 0 bridgehead atoms. The minimum atomic E-state index is 0.0462. The number of fused-ring (bicyclic) bond motifs is 1. The van der Waals surface area contributed by atoms with Crippen molar-refractivity contribution >= 4 is 22.5 Å². The number of hydrogen-bond acceptors (Lipinski definition) is 3. The molecule has 2 aromatic rings. The molecule has 1 amide bonds. The van der Waals surface area contributed by atoms with Crippen LogP contribution in [0.3, 0.4) is 0 Å². The number of aromatic nitrogens is 1. The topological polar surface area (TPSA) is 45.2 Å². The maximum atomic E-state index is 12.7. The van der Waals surface area contributed by atoms with Gasteiger partial charge in [0.1, 0.15) is 11.5 Å². The van der Waals surface area contributed by atoms with E-state index in [1.165, 1.54) is 0 Å². The van der Waals surface area contributed by atoms with Gasteiger partial charge in [-0.25, -0.2) is 4.98 Å². The lowest BCUT2D eigenvalue weighted by Crippen LogP contribution is -2.33. The van der Waals surface area contributed by atoms with Crippen LogP contribution in [0.15, 0.2) is 30.3 Å². The van der Waals surface area contributed by atoms with Crippen molar-refractivity contribution in [3.63, 3.8) is 0 Å². The number of pyridine rings is 1. The van der Waals surface area contributed by atoms with Gasteiger partial charge in [0.25, 0.3) is 5.91 Å². The second-order valence-corrected chi connectivity index (χ2v) is 5.43. The fourth-order valence-corrected chi connectivity index (χ4v) is 2.71. The zero-order valence-electron chi connectivity index (χ0n) is 12.6. The summed E-state index contributed by atoms with van der Waals surface area (Å²) in [4.78, 5) is 19.2. The van der Waals surface area contributed by atoms with E-state index in [1.54, 1.807) is 0 Å². The number of benzene rings is 1. The molecule has 0 radical (unpaired) electrons. The van der Waals surface area contributed by atoms with Crippen molar-refractivity contribution in [2.24, 2.45) is 0 Å². The summed E-state index contributed by atoms with van der Waals surface area (Å²) < 4.78 is 0. The van der Waals surface area contributed by atoms with E-state index in [0.717, 1.165) is 42.5 Å². The number of carbonyl (C=O) groups is 1. The average Bonchev–Trinajstić information content (AvgIpc) is 3.33. The summed E-state index contributed by atoms with van der Waals surface area (Å²) in [6.07, 6.45) is 2.24. The Kier molecular flexibility index (Phi) is 3.78. The van der Waals surface area contributed by atoms with E-state index in [0.29, 0.717) is 11.7 Å². The first kappa shape index (κ1) is 13.9. The Morgan fingerprint density at radius 2 is 2.10 bits per heavy atom. The van der Waals surface area contributed by atoms with Crippen molar-refractivity contribution in [3.8, 4) is 0 Å². The second kappa shape index (κ2) is 5.72. The highest BCUT2D eigenvalue weighted by Gasteiger charge is 2.32. The number of amides is 1. The molecule has 0 aliphatic heterocycles. The third kappa shape index (κ3) is 2.71. The second-order valence-electron chi connectivity index (χ2n) is 5.43. The first-order valence-electron chi connectivity index (χ1n) is 7.69. The van der Waals surface area contributed by atoms with Crippen molar-refractivity contribution in [2.45, 2.75) is 32.7 Å². The smallest absolute Gasteiger partial charge is 0.272 e. The van der Waals surface area contributed by atoms with Gasteiger partial charge in [0.2, 0.25) is 0 Å². The molecule has 110 valence electrons. The van der Waals surface area contributed by atoms with E-state index < -0.39 is 0 Å². The van der Waals surface area contributed by atoms with E-state index in [-0.39, 0.29) is 5.91 Å². The Morgan fingerprint density at radius 1 is 1.33 bits per heavy atom. The maximum Gasteiger partial charge on any atom is 0.272 e. The first-order valence-corrected chi connectivity index (χ1v) is 7.69. The highest BCUT2D eigenvalue weighted by atomic mass is 16.2. The van der Waals surface area contributed by atoms with E-state index in [1.807, 2.05) is 49.1 Å². The fraction of sp³-hybridized carbons (Fsp3) is 0.412. The summed E-state index contributed by atoms with van der Waals surface area (Å²) in [6.45, 7) is 5.60. The Morgan fingerprint density at radius 3 is 2.76 bits per heavy atom. The number of rotatable bonds is 5. The van der Waals surface area contributed by atoms with Crippen molar-refractivity contribution < 1.29 is 4.79 Å². The van der Waals surface area contributed by atoms with E-state index >= 15 is 0 Å². The third-order valence-corrected chi connectivity index (χ3v) is 3.89. The molecule has 1 aliphatic rings. The lowest BCUT2D eigenvalue weighted by atomic mass is 10.1. The summed E-state index contributed by atoms with van der Waals surface area (Å²) in [5.41, 5.74) is 0.540. The molecule has 4 heteroatoms.